The molecule has 13 rings (SSSR count). The molecule has 8 heterocycles. The van der Waals surface area contributed by atoms with E-state index in [1.807, 2.05) is 42.5 Å². The number of nitrogens with one attached hydrogen (secondary N) is 3. The summed E-state index contributed by atoms with van der Waals surface area (Å²) in [6, 6.07) is 31.2. The molecular weight excluding hydrogens is 1250 g/mol. The van der Waals surface area contributed by atoms with E-state index in [0.717, 1.165) is 145 Å². The monoisotopic (exact) mass is 1310 g/mol. The smallest absolute Gasteiger partial charge is 0.225 e. The highest BCUT2D eigenvalue weighted by Gasteiger charge is 2.28. The van der Waals surface area contributed by atoms with Crippen LogP contribution in [-0.4, -0.2) is 179 Å². The lowest BCUT2D eigenvalue weighted by atomic mass is 10.0. The Morgan fingerprint density at radius 2 is 1.18 bits per heavy atom. The normalized spacial score (nSPS) is 13.8. The van der Waals surface area contributed by atoms with Gasteiger partial charge in [0.1, 0.15) is 45.0 Å². The number of hydrogen-bond acceptors (Lipinski definition) is 21. The van der Waals surface area contributed by atoms with Crippen LogP contribution >= 0.6 is 31.9 Å². The first kappa shape index (κ1) is 57.9. The third kappa shape index (κ3) is 11.7. The van der Waals surface area contributed by atoms with Crippen molar-refractivity contribution in [3.63, 3.8) is 0 Å². The molecule has 0 radical (unpaired) electrons. The average molecular weight is 1310 g/mol. The average Bonchev–Trinajstić information content (AvgIpc) is 1.66. The van der Waals surface area contributed by atoms with Crippen LogP contribution in [0, 0.1) is 0 Å². The van der Waals surface area contributed by atoms with Gasteiger partial charge in [0.25, 0.3) is 0 Å². The number of rotatable bonds is 20. The summed E-state index contributed by atoms with van der Waals surface area (Å²) < 4.78 is 25.7. The van der Waals surface area contributed by atoms with Crippen LogP contribution in [0.2, 0.25) is 0 Å². The molecule has 0 amide bonds. The molecule has 2 saturated heterocycles. The topological polar surface area (TPSA) is 227 Å². The van der Waals surface area contributed by atoms with Gasteiger partial charge in [-0.1, -0.05) is 18.2 Å². The number of aromatic nitrogens is 12. The molecule has 0 atom stereocenters. The van der Waals surface area contributed by atoms with Crippen LogP contribution in [-0.2, 0) is 6.42 Å². The van der Waals surface area contributed by atoms with E-state index in [1.54, 1.807) is 52.0 Å². The summed E-state index contributed by atoms with van der Waals surface area (Å²) in [6.07, 6.45) is 6.63. The van der Waals surface area contributed by atoms with Crippen LogP contribution in [0.15, 0.2) is 119 Å². The quantitative estimate of drug-likeness (QED) is 0.0603. The number of methoxy groups -OCH3 is 4. The number of aromatic amines is 1. The van der Waals surface area contributed by atoms with Gasteiger partial charge < -0.3 is 54.1 Å². The van der Waals surface area contributed by atoms with Crippen molar-refractivity contribution in [3.8, 4) is 51.3 Å². The first-order valence-electron chi connectivity index (χ1n) is 29.1. The molecule has 11 aromatic rings. The summed E-state index contributed by atoms with van der Waals surface area (Å²) in [7, 11) is 10.8. The summed E-state index contributed by atoms with van der Waals surface area (Å²) in [5.41, 5.74) is 7.95. The van der Waals surface area contributed by atoms with Crippen LogP contribution < -0.4 is 49.2 Å². The van der Waals surface area contributed by atoms with Gasteiger partial charge in [-0.05, 0) is 148 Å². The molecule has 0 aliphatic carbocycles. The highest BCUT2D eigenvalue weighted by molar-refractivity contribution is 9.10. The molecule has 450 valence electrons. The van der Waals surface area contributed by atoms with Gasteiger partial charge in [-0.25, -0.2) is 34.9 Å². The van der Waals surface area contributed by atoms with E-state index in [2.05, 4.69) is 150 Å². The summed E-state index contributed by atoms with van der Waals surface area (Å²) in [4.78, 5) is 50.5. The van der Waals surface area contributed by atoms with Crippen LogP contribution in [0.1, 0.15) is 12.0 Å². The molecule has 0 bridgehead atoms. The largest absolute Gasteiger partial charge is 0.497 e. The maximum Gasteiger partial charge on any atom is 0.225 e. The minimum absolute atomic E-state index is 0.483. The number of hydrogen-bond donors (Lipinski definition) is 3. The molecule has 2 aliphatic rings. The number of piperazine rings is 2. The second-order valence-corrected chi connectivity index (χ2v) is 23.3. The predicted molar refractivity (Wildman–Crippen MR) is 353 cm³/mol. The van der Waals surface area contributed by atoms with Crippen molar-refractivity contribution in [2.75, 3.05) is 145 Å². The molecule has 23 nitrogen and oxygen atoms in total. The molecule has 2 fully saturated rings. The predicted octanol–water partition coefficient (Wildman–Crippen LogP) is 9.93. The first-order valence-corrected chi connectivity index (χ1v) is 30.7. The number of fused-ring (bicyclic) bond motifs is 4. The zero-order valence-corrected chi connectivity index (χ0v) is 52.8. The van der Waals surface area contributed by atoms with Crippen LogP contribution in [0.4, 0.5) is 34.9 Å². The van der Waals surface area contributed by atoms with Gasteiger partial charge in [0, 0.05) is 111 Å². The number of ether oxygens (including phenoxy) is 4. The summed E-state index contributed by atoms with van der Waals surface area (Å²) in [5, 5.41) is 25.4. The summed E-state index contributed by atoms with van der Waals surface area (Å²) in [5.74, 6) is 6.18. The molecule has 0 spiro atoms. The Morgan fingerprint density at radius 3 is 1.83 bits per heavy atom. The SMILES string of the molecule is COc1ccc2cc(-c3cc(-n4nc(Br)c5c(N6CCN(c7cc(-c8ccnc(NCCc9ccc(OC)c(OC)c9)n8)cc8ccc(OC)cc78)CC6)ncnc54)nc(NCCCN(C)C)n3)cc(N3CCN(c4ncnc5n[nH]c(Br)c45)CC3)c2c1. The molecule has 5 aromatic carbocycles. The van der Waals surface area contributed by atoms with Gasteiger partial charge in [0.05, 0.1) is 50.6 Å². The highest BCUT2D eigenvalue weighted by atomic mass is 79.9. The van der Waals surface area contributed by atoms with Crippen LogP contribution in [0.25, 0.3) is 71.9 Å². The van der Waals surface area contributed by atoms with E-state index >= 15 is 0 Å². The molecule has 0 unspecified atom stereocenters. The second kappa shape index (κ2) is 25.3. The number of nitrogens with zero attached hydrogens (tertiary/aromatic N) is 16. The number of benzene rings is 5. The van der Waals surface area contributed by atoms with Gasteiger partial charge in [0.15, 0.2) is 28.6 Å². The van der Waals surface area contributed by atoms with Crippen molar-refractivity contribution < 1.29 is 18.9 Å². The fourth-order valence-corrected chi connectivity index (χ4v) is 12.7. The molecule has 2 aliphatic heterocycles. The fraction of sp³-hybridized carbons (Fsp3) is 0.302. The van der Waals surface area contributed by atoms with Crippen molar-refractivity contribution >= 4 is 110 Å². The Morgan fingerprint density at radius 1 is 0.568 bits per heavy atom. The van der Waals surface area contributed by atoms with Gasteiger partial charge in [-0.15, -0.1) is 0 Å². The lowest BCUT2D eigenvalue weighted by Crippen LogP contribution is -2.47. The molecule has 25 heteroatoms. The standard InChI is InChI=1S/C63H65Br2N19O4/c1-79(2)19-7-16-66-63-74-48(42-30-40-10-12-44(86-4)34-46(40)50(32-42)81-20-24-82(25-21-81)59-54-56(64)76-77-58(54)69-36-70-59)35-53(75-63)84-61-55(57(65)78-84)60(71-37-72-61)83-26-22-80(23-27-83)49-31-41(29-39-9-11-43(85-3)33-45(39)49)47-15-18-68-62(73-47)67-17-14-38-8-13-51(87-5)52(28-38)88-6/h8-13,15,18,28-37H,7,14,16-17,19-27H2,1-6H3,(H,66,74,75)(H,67,68,73)(H,69,70,76,77). The van der Waals surface area contributed by atoms with Crippen molar-refractivity contribution in [2.24, 2.45) is 0 Å². The third-order valence-corrected chi connectivity index (χ3v) is 17.3. The van der Waals surface area contributed by atoms with Crippen molar-refractivity contribution in [1.29, 1.82) is 0 Å². The van der Waals surface area contributed by atoms with Gasteiger partial charge in [0.2, 0.25) is 11.9 Å². The maximum absolute atomic E-state index is 5.79. The van der Waals surface area contributed by atoms with Crippen molar-refractivity contribution in [1.82, 2.24) is 64.7 Å². The number of H-pyrrole nitrogens is 1. The molecule has 3 N–H and O–H groups in total. The zero-order chi connectivity index (χ0) is 60.4. The van der Waals surface area contributed by atoms with E-state index in [0.29, 0.717) is 84.4 Å². The summed E-state index contributed by atoms with van der Waals surface area (Å²) >= 11 is 7.51. The fourth-order valence-electron chi connectivity index (χ4n) is 11.7. The maximum atomic E-state index is 5.79. The van der Waals surface area contributed by atoms with E-state index in [1.165, 1.54) is 0 Å². The van der Waals surface area contributed by atoms with E-state index in [9.17, 15) is 0 Å². The summed E-state index contributed by atoms with van der Waals surface area (Å²) in [6.45, 7) is 7.92. The number of anilines is 6. The highest BCUT2D eigenvalue weighted by Crippen LogP contribution is 2.40. The molecule has 6 aromatic heterocycles. The van der Waals surface area contributed by atoms with Gasteiger partial charge >= 0.3 is 0 Å². The second-order valence-electron chi connectivity index (χ2n) is 21.8. The minimum Gasteiger partial charge on any atom is -0.497 e. The van der Waals surface area contributed by atoms with E-state index in [-0.39, 0.29) is 0 Å². The Balaban J connectivity index is 0.785. The van der Waals surface area contributed by atoms with Crippen molar-refractivity contribution in [3.05, 3.63) is 125 Å². The van der Waals surface area contributed by atoms with Gasteiger partial charge in [-0.2, -0.15) is 19.9 Å². The van der Waals surface area contributed by atoms with Crippen LogP contribution in [0.5, 0.6) is 23.0 Å². The molecule has 0 saturated carbocycles. The zero-order valence-electron chi connectivity index (χ0n) is 49.6. The Labute approximate surface area is 524 Å². The third-order valence-electron chi connectivity index (χ3n) is 16.2. The molecular formula is C63H65Br2N19O4. The van der Waals surface area contributed by atoms with E-state index < -0.39 is 0 Å². The Bertz CT molecular complexity index is 4360. The molecule has 88 heavy (non-hydrogen) atoms. The lowest BCUT2D eigenvalue weighted by molar-refractivity contribution is 0.354. The number of halogens is 2. The van der Waals surface area contributed by atoms with Crippen molar-refractivity contribution in [2.45, 2.75) is 12.8 Å². The Hall–Kier alpha value is -9.20. The Kier molecular flexibility index (Phi) is 16.6. The lowest BCUT2D eigenvalue weighted by Gasteiger charge is -2.37. The first-order chi connectivity index (χ1) is 43.0. The van der Waals surface area contributed by atoms with E-state index in [4.69, 9.17) is 54.0 Å². The minimum atomic E-state index is 0.483. The van der Waals surface area contributed by atoms with Crippen LogP contribution in [0.3, 0.4) is 0 Å². The van der Waals surface area contributed by atoms with Gasteiger partial charge in [-0.3, -0.25) is 5.10 Å².